The lowest BCUT2D eigenvalue weighted by atomic mass is 10.1. The summed E-state index contributed by atoms with van der Waals surface area (Å²) in [4.78, 5) is 21.6. The number of rotatable bonds is 2. The topological polar surface area (TPSA) is 58.1 Å². The minimum absolute atomic E-state index is 0.571. The third kappa shape index (κ3) is 2.17. The minimum atomic E-state index is 0.571. The summed E-state index contributed by atoms with van der Waals surface area (Å²) in [6, 6.07) is 13.5. The second kappa shape index (κ2) is 4.52. The van der Waals surface area contributed by atoms with Crippen LogP contribution in [0, 0.1) is 6.92 Å². The number of aliphatic imine (C=N–C) groups is 1. The summed E-state index contributed by atoms with van der Waals surface area (Å²) in [5.74, 6) is 0.808. The molecule has 3 rings (SSSR count). The van der Waals surface area contributed by atoms with Crippen LogP contribution in [-0.4, -0.2) is 16.0 Å². The molecule has 4 nitrogen and oxygen atoms in total. The molecule has 1 heterocycles. The Morgan fingerprint density at radius 3 is 2.68 bits per heavy atom. The maximum Gasteiger partial charge on any atom is 0.240 e. The molecule has 0 fully saturated rings. The zero-order chi connectivity index (χ0) is 13.2. The zero-order valence-corrected chi connectivity index (χ0v) is 10.3. The van der Waals surface area contributed by atoms with E-state index >= 15 is 0 Å². The van der Waals surface area contributed by atoms with Crippen molar-refractivity contribution in [3.8, 4) is 11.4 Å². The van der Waals surface area contributed by atoms with Crippen molar-refractivity contribution >= 4 is 22.8 Å². The van der Waals surface area contributed by atoms with Crippen LogP contribution in [0.4, 0.5) is 5.69 Å². The highest BCUT2D eigenvalue weighted by molar-refractivity contribution is 5.82. The van der Waals surface area contributed by atoms with Crippen molar-refractivity contribution in [1.82, 2.24) is 9.97 Å². The Kier molecular flexibility index (Phi) is 2.71. The number of hydrogen-bond donors (Lipinski definition) is 1. The van der Waals surface area contributed by atoms with Gasteiger partial charge in [-0.1, -0.05) is 29.8 Å². The summed E-state index contributed by atoms with van der Waals surface area (Å²) in [5, 5.41) is 0. The molecule has 0 unspecified atom stereocenters. The van der Waals surface area contributed by atoms with E-state index in [2.05, 4.69) is 15.0 Å². The van der Waals surface area contributed by atoms with Gasteiger partial charge in [0.25, 0.3) is 0 Å². The Hall–Kier alpha value is -2.71. The van der Waals surface area contributed by atoms with Gasteiger partial charge >= 0.3 is 0 Å². The van der Waals surface area contributed by atoms with Crippen molar-refractivity contribution in [3.63, 3.8) is 0 Å². The Morgan fingerprint density at radius 1 is 1.16 bits per heavy atom. The number of nitrogens with zero attached hydrogens (tertiary/aromatic N) is 2. The molecule has 1 aromatic heterocycles. The lowest BCUT2D eigenvalue weighted by Gasteiger charge is -1.96. The lowest BCUT2D eigenvalue weighted by molar-refractivity contribution is 0.565. The van der Waals surface area contributed by atoms with E-state index in [-0.39, 0.29) is 0 Å². The van der Waals surface area contributed by atoms with E-state index in [4.69, 9.17) is 0 Å². The van der Waals surface area contributed by atoms with Crippen molar-refractivity contribution in [3.05, 3.63) is 48.0 Å². The fourth-order valence-electron chi connectivity index (χ4n) is 1.97. The number of aromatic amines is 1. The molecule has 92 valence electrons. The van der Waals surface area contributed by atoms with Crippen molar-refractivity contribution in [2.45, 2.75) is 6.92 Å². The summed E-state index contributed by atoms with van der Waals surface area (Å²) in [6.07, 6.45) is 1.53. The van der Waals surface area contributed by atoms with Crippen LogP contribution in [0.5, 0.6) is 0 Å². The van der Waals surface area contributed by atoms with Gasteiger partial charge in [0.05, 0.1) is 16.7 Å². The molecule has 1 N–H and O–H groups in total. The standard InChI is InChI=1S/C15H11N3O/c1-10-2-4-11(5-3-10)15-17-13-7-6-12(16-9-19)8-14(13)18-15/h2-8H,1H3,(H,17,18). The van der Waals surface area contributed by atoms with Gasteiger partial charge in [-0.05, 0) is 25.1 Å². The fourth-order valence-corrected chi connectivity index (χ4v) is 1.97. The Bertz CT molecular complexity index is 781. The van der Waals surface area contributed by atoms with E-state index in [1.165, 1.54) is 11.6 Å². The first kappa shape index (κ1) is 11.4. The normalized spacial score (nSPS) is 10.4. The van der Waals surface area contributed by atoms with Crippen molar-refractivity contribution in [2.24, 2.45) is 4.99 Å². The summed E-state index contributed by atoms with van der Waals surface area (Å²) < 4.78 is 0. The van der Waals surface area contributed by atoms with Crippen LogP contribution >= 0.6 is 0 Å². The largest absolute Gasteiger partial charge is 0.338 e. The molecule has 0 spiro atoms. The average molecular weight is 249 g/mol. The zero-order valence-electron chi connectivity index (χ0n) is 10.3. The van der Waals surface area contributed by atoms with Gasteiger partial charge in [-0.2, -0.15) is 4.99 Å². The van der Waals surface area contributed by atoms with Crippen LogP contribution < -0.4 is 0 Å². The van der Waals surface area contributed by atoms with Gasteiger partial charge in [0, 0.05) is 5.56 Å². The van der Waals surface area contributed by atoms with E-state index in [1.54, 1.807) is 12.1 Å². The number of imidazole rings is 1. The van der Waals surface area contributed by atoms with Crippen LogP contribution in [0.2, 0.25) is 0 Å². The summed E-state index contributed by atoms with van der Waals surface area (Å²) in [7, 11) is 0. The number of nitrogens with one attached hydrogen (secondary N) is 1. The monoisotopic (exact) mass is 249 g/mol. The number of benzene rings is 2. The highest BCUT2D eigenvalue weighted by Crippen LogP contribution is 2.23. The van der Waals surface area contributed by atoms with Crippen LogP contribution in [0.1, 0.15) is 5.56 Å². The molecule has 0 saturated heterocycles. The average Bonchev–Trinajstić information content (AvgIpc) is 2.83. The van der Waals surface area contributed by atoms with Crippen LogP contribution in [-0.2, 0) is 4.79 Å². The highest BCUT2D eigenvalue weighted by Gasteiger charge is 2.05. The van der Waals surface area contributed by atoms with Crippen LogP contribution in [0.15, 0.2) is 47.5 Å². The summed E-state index contributed by atoms with van der Waals surface area (Å²) in [5.41, 5.74) is 4.51. The molecule has 0 aliphatic rings. The Labute approximate surface area is 109 Å². The van der Waals surface area contributed by atoms with E-state index in [0.29, 0.717) is 5.69 Å². The van der Waals surface area contributed by atoms with E-state index < -0.39 is 0 Å². The van der Waals surface area contributed by atoms with E-state index in [0.717, 1.165) is 22.4 Å². The van der Waals surface area contributed by atoms with Gasteiger partial charge in [0.1, 0.15) is 5.82 Å². The van der Waals surface area contributed by atoms with Crippen LogP contribution in [0.3, 0.4) is 0 Å². The third-order valence-corrected chi connectivity index (χ3v) is 2.97. The molecule has 4 heteroatoms. The second-order valence-electron chi connectivity index (χ2n) is 4.36. The third-order valence-electron chi connectivity index (χ3n) is 2.97. The molecular formula is C15H11N3O. The molecule has 0 amide bonds. The molecule has 3 aromatic rings. The van der Waals surface area contributed by atoms with Crippen LogP contribution in [0.25, 0.3) is 22.4 Å². The summed E-state index contributed by atoms with van der Waals surface area (Å²) >= 11 is 0. The number of hydrogen-bond acceptors (Lipinski definition) is 3. The fraction of sp³-hybridized carbons (Fsp3) is 0.0667. The highest BCUT2D eigenvalue weighted by atomic mass is 16.1. The molecule has 0 bridgehead atoms. The molecule has 19 heavy (non-hydrogen) atoms. The first-order valence-electron chi connectivity index (χ1n) is 5.91. The lowest BCUT2D eigenvalue weighted by Crippen LogP contribution is -1.80. The number of fused-ring (bicyclic) bond motifs is 1. The number of aromatic nitrogens is 2. The smallest absolute Gasteiger partial charge is 0.240 e. The van der Waals surface area contributed by atoms with E-state index in [9.17, 15) is 4.79 Å². The SMILES string of the molecule is Cc1ccc(-c2nc3ccc(N=C=O)cc3[nH]2)cc1. The summed E-state index contributed by atoms with van der Waals surface area (Å²) in [6.45, 7) is 2.05. The molecule has 0 radical (unpaired) electrons. The minimum Gasteiger partial charge on any atom is -0.338 e. The first-order valence-corrected chi connectivity index (χ1v) is 5.91. The number of H-pyrrole nitrogens is 1. The molecule has 0 saturated carbocycles. The van der Waals surface area contributed by atoms with Gasteiger partial charge in [-0.3, -0.25) is 0 Å². The molecule has 0 aliphatic heterocycles. The van der Waals surface area contributed by atoms with Crippen molar-refractivity contribution < 1.29 is 4.79 Å². The molecule has 2 aromatic carbocycles. The van der Waals surface area contributed by atoms with Gasteiger partial charge in [-0.25, -0.2) is 9.78 Å². The second-order valence-corrected chi connectivity index (χ2v) is 4.36. The van der Waals surface area contributed by atoms with Crippen molar-refractivity contribution in [2.75, 3.05) is 0 Å². The Balaban J connectivity index is 2.10. The number of carbonyl (C=O) groups excluding carboxylic acids is 1. The van der Waals surface area contributed by atoms with Gasteiger partial charge < -0.3 is 4.98 Å². The number of aryl methyl sites for hydroxylation is 1. The molecular weight excluding hydrogens is 238 g/mol. The Morgan fingerprint density at radius 2 is 1.95 bits per heavy atom. The quantitative estimate of drug-likeness (QED) is 0.558. The predicted molar refractivity (Wildman–Crippen MR) is 74.0 cm³/mol. The maximum atomic E-state index is 10.3. The first-order chi connectivity index (χ1) is 9.26. The molecule has 0 aliphatic carbocycles. The molecule has 0 atom stereocenters. The van der Waals surface area contributed by atoms with Gasteiger partial charge in [0.15, 0.2) is 0 Å². The predicted octanol–water partition coefficient (Wildman–Crippen LogP) is 3.51. The number of isocyanates is 1. The van der Waals surface area contributed by atoms with Crippen molar-refractivity contribution in [1.29, 1.82) is 0 Å². The maximum absolute atomic E-state index is 10.3. The van der Waals surface area contributed by atoms with E-state index in [1.807, 2.05) is 37.3 Å². The van der Waals surface area contributed by atoms with Gasteiger partial charge in [0.2, 0.25) is 6.08 Å². The van der Waals surface area contributed by atoms with Gasteiger partial charge in [-0.15, -0.1) is 0 Å².